The largest absolute Gasteiger partial charge is 0.377 e. The standard InChI is InChI=1S/C20H24N4OS/c25-14-22-16-5-3-4-15(12-16)13-21-19-20(8-10-26-11-9-20)24-18-7-2-1-6-17(18)23-19/h1-7,12,22,24-25H,8-11,13-14H2,(H,21,23). The van der Waals surface area contributed by atoms with E-state index in [0.717, 1.165) is 52.8 Å². The highest BCUT2D eigenvalue weighted by atomic mass is 32.2. The van der Waals surface area contributed by atoms with Crippen molar-refractivity contribution in [3.8, 4) is 0 Å². The minimum atomic E-state index is -0.0967. The average molecular weight is 369 g/mol. The van der Waals surface area contributed by atoms with E-state index in [-0.39, 0.29) is 12.3 Å². The van der Waals surface area contributed by atoms with Crippen molar-refractivity contribution in [1.29, 1.82) is 0 Å². The molecule has 0 unspecified atom stereocenters. The number of aliphatic hydroxyl groups excluding tert-OH is 1. The number of benzene rings is 2. The Morgan fingerprint density at radius 1 is 1.08 bits per heavy atom. The van der Waals surface area contributed by atoms with Crippen molar-refractivity contribution in [3.05, 3.63) is 54.1 Å². The van der Waals surface area contributed by atoms with Crippen molar-refractivity contribution in [2.24, 2.45) is 4.99 Å². The number of amidine groups is 1. The highest BCUT2D eigenvalue weighted by molar-refractivity contribution is 7.99. The molecule has 5 nitrogen and oxygen atoms in total. The van der Waals surface area contributed by atoms with Crippen molar-refractivity contribution in [3.63, 3.8) is 0 Å². The molecule has 4 N–H and O–H groups in total. The summed E-state index contributed by atoms with van der Waals surface area (Å²) in [5, 5.41) is 19.4. The number of nitrogens with one attached hydrogen (secondary N) is 3. The molecular weight excluding hydrogens is 344 g/mol. The number of thioether (sulfide) groups is 1. The van der Waals surface area contributed by atoms with Crippen LogP contribution >= 0.6 is 11.8 Å². The molecule has 0 amide bonds. The Bertz CT molecular complexity index is 802. The molecule has 136 valence electrons. The van der Waals surface area contributed by atoms with Crippen molar-refractivity contribution >= 4 is 34.7 Å². The summed E-state index contributed by atoms with van der Waals surface area (Å²) in [6, 6.07) is 16.4. The van der Waals surface area contributed by atoms with Crippen molar-refractivity contribution < 1.29 is 5.11 Å². The third kappa shape index (κ3) is 3.52. The van der Waals surface area contributed by atoms with Gasteiger partial charge in [-0.1, -0.05) is 24.3 Å². The van der Waals surface area contributed by atoms with Crippen LogP contribution in [0.2, 0.25) is 0 Å². The van der Waals surface area contributed by atoms with Gasteiger partial charge in [0.05, 0.1) is 16.9 Å². The van der Waals surface area contributed by atoms with E-state index >= 15 is 0 Å². The molecule has 26 heavy (non-hydrogen) atoms. The second kappa shape index (κ2) is 7.60. The van der Waals surface area contributed by atoms with Gasteiger partial charge in [-0.2, -0.15) is 11.8 Å². The van der Waals surface area contributed by atoms with Gasteiger partial charge in [-0.05, 0) is 54.2 Å². The summed E-state index contributed by atoms with van der Waals surface area (Å²) in [5.74, 6) is 3.33. The lowest BCUT2D eigenvalue weighted by atomic mass is 9.88. The molecule has 2 aromatic rings. The lowest BCUT2D eigenvalue weighted by Gasteiger charge is -2.42. The van der Waals surface area contributed by atoms with E-state index in [2.05, 4.69) is 46.3 Å². The number of aliphatic hydroxyl groups is 1. The van der Waals surface area contributed by atoms with Gasteiger partial charge in [0, 0.05) is 12.2 Å². The Balaban J connectivity index is 1.58. The number of fused-ring (bicyclic) bond motifs is 1. The fourth-order valence-electron chi connectivity index (χ4n) is 3.58. The molecule has 1 spiro atoms. The third-order valence-electron chi connectivity index (χ3n) is 4.98. The minimum Gasteiger partial charge on any atom is -0.377 e. The topological polar surface area (TPSA) is 68.7 Å². The second-order valence-electron chi connectivity index (χ2n) is 6.69. The molecule has 6 heteroatoms. The predicted molar refractivity (Wildman–Crippen MR) is 110 cm³/mol. The first-order valence-electron chi connectivity index (χ1n) is 9.01. The van der Waals surface area contributed by atoms with Crippen molar-refractivity contribution in [2.45, 2.75) is 24.9 Å². The maximum absolute atomic E-state index is 9.05. The predicted octanol–water partition coefficient (Wildman–Crippen LogP) is 3.56. The smallest absolute Gasteiger partial charge is 0.128 e. The number of hydrogen-bond donors (Lipinski definition) is 4. The van der Waals surface area contributed by atoms with E-state index in [0.29, 0.717) is 6.54 Å². The van der Waals surface area contributed by atoms with Crippen LogP contribution in [0.15, 0.2) is 53.5 Å². The van der Waals surface area contributed by atoms with Crippen LogP contribution in [0.5, 0.6) is 0 Å². The van der Waals surface area contributed by atoms with Crippen molar-refractivity contribution in [1.82, 2.24) is 5.32 Å². The van der Waals surface area contributed by atoms with Crippen molar-refractivity contribution in [2.75, 3.05) is 28.9 Å². The minimum absolute atomic E-state index is 0.0644. The zero-order valence-corrected chi connectivity index (χ0v) is 15.5. The van der Waals surface area contributed by atoms with E-state index in [1.165, 1.54) is 0 Å². The number of nitrogens with zero attached hydrogens (tertiary/aromatic N) is 1. The lowest BCUT2D eigenvalue weighted by molar-refractivity contribution is 0.325. The Morgan fingerprint density at radius 3 is 2.77 bits per heavy atom. The fraction of sp³-hybridized carbons (Fsp3) is 0.350. The summed E-state index contributed by atoms with van der Waals surface area (Å²) in [5.41, 5.74) is 4.10. The van der Waals surface area contributed by atoms with E-state index < -0.39 is 0 Å². The molecule has 4 rings (SSSR count). The lowest BCUT2D eigenvalue weighted by Crippen LogP contribution is -2.55. The number of aliphatic imine (C=N–C) groups is 1. The summed E-state index contributed by atoms with van der Waals surface area (Å²) < 4.78 is 0. The molecule has 0 aromatic heterocycles. The van der Waals surface area contributed by atoms with Crippen LogP contribution in [0.4, 0.5) is 17.1 Å². The summed E-state index contributed by atoms with van der Waals surface area (Å²) in [7, 11) is 0. The molecule has 2 aliphatic rings. The molecule has 0 bridgehead atoms. The van der Waals surface area contributed by atoms with E-state index in [1.54, 1.807) is 0 Å². The molecule has 2 heterocycles. The zero-order chi connectivity index (χ0) is 17.8. The monoisotopic (exact) mass is 368 g/mol. The molecule has 0 aliphatic carbocycles. The van der Waals surface area contributed by atoms with E-state index in [9.17, 15) is 0 Å². The summed E-state index contributed by atoms with van der Waals surface area (Å²) in [4.78, 5) is 4.97. The molecule has 0 atom stereocenters. The van der Waals surface area contributed by atoms with Crippen LogP contribution in [-0.4, -0.2) is 34.7 Å². The molecule has 0 saturated carbocycles. The van der Waals surface area contributed by atoms with Gasteiger partial charge in [-0.15, -0.1) is 0 Å². The Labute approximate surface area is 158 Å². The van der Waals surface area contributed by atoms with Gasteiger partial charge in [0.1, 0.15) is 12.6 Å². The van der Waals surface area contributed by atoms with E-state index in [1.807, 2.05) is 30.0 Å². The molecular formula is C20H24N4OS. The molecule has 2 aromatic carbocycles. The Kier molecular flexibility index (Phi) is 5.04. The van der Waals surface area contributed by atoms with Gasteiger partial charge >= 0.3 is 0 Å². The zero-order valence-electron chi connectivity index (χ0n) is 14.7. The Morgan fingerprint density at radius 2 is 1.92 bits per heavy atom. The average Bonchev–Trinajstić information content (AvgIpc) is 2.68. The molecule has 1 saturated heterocycles. The summed E-state index contributed by atoms with van der Waals surface area (Å²) >= 11 is 2.01. The summed E-state index contributed by atoms with van der Waals surface area (Å²) in [6.45, 7) is 0.642. The van der Waals surface area contributed by atoms with Gasteiger partial charge in [0.25, 0.3) is 0 Å². The van der Waals surface area contributed by atoms with Crippen LogP contribution in [0.1, 0.15) is 18.4 Å². The van der Waals surface area contributed by atoms with E-state index in [4.69, 9.17) is 10.1 Å². The van der Waals surface area contributed by atoms with Gasteiger partial charge < -0.3 is 21.1 Å². The highest BCUT2D eigenvalue weighted by Crippen LogP contribution is 2.39. The fourth-order valence-corrected chi connectivity index (χ4v) is 4.77. The first-order valence-corrected chi connectivity index (χ1v) is 10.2. The van der Waals surface area contributed by atoms with Crippen LogP contribution < -0.4 is 16.0 Å². The first kappa shape index (κ1) is 17.2. The van der Waals surface area contributed by atoms with Crippen LogP contribution in [-0.2, 0) is 6.54 Å². The number of para-hydroxylation sites is 2. The van der Waals surface area contributed by atoms with Gasteiger partial charge in [0.15, 0.2) is 0 Å². The van der Waals surface area contributed by atoms with Gasteiger partial charge in [-0.25, -0.2) is 4.99 Å². The molecule has 0 radical (unpaired) electrons. The van der Waals surface area contributed by atoms with Gasteiger partial charge in [-0.3, -0.25) is 0 Å². The Hall–Kier alpha value is -2.18. The maximum Gasteiger partial charge on any atom is 0.128 e. The highest BCUT2D eigenvalue weighted by Gasteiger charge is 2.40. The normalized spacial score (nSPS) is 17.8. The summed E-state index contributed by atoms with van der Waals surface area (Å²) in [6.07, 6.45) is 2.15. The third-order valence-corrected chi connectivity index (χ3v) is 5.97. The molecule has 1 fully saturated rings. The maximum atomic E-state index is 9.05. The molecule has 2 aliphatic heterocycles. The number of anilines is 2. The number of hydrogen-bond acceptors (Lipinski definition) is 6. The van der Waals surface area contributed by atoms with Gasteiger partial charge in [0.2, 0.25) is 0 Å². The second-order valence-corrected chi connectivity index (χ2v) is 7.91. The van der Waals surface area contributed by atoms with Crippen LogP contribution in [0.25, 0.3) is 0 Å². The quantitative estimate of drug-likeness (QED) is 0.622. The first-order chi connectivity index (χ1) is 12.8. The number of rotatable bonds is 4. The van der Waals surface area contributed by atoms with Crippen LogP contribution in [0.3, 0.4) is 0 Å². The SMILES string of the molecule is OCNc1cccc(CNC2=Nc3ccccc3NC23CCSCC3)c1. The van der Waals surface area contributed by atoms with Crippen LogP contribution in [0, 0.1) is 0 Å².